The largest absolute Gasteiger partial charge is 0.461 e. The monoisotopic (exact) mass is 355 g/mol. The Morgan fingerprint density at radius 1 is 0.885 bits per heavy atom. The van der Waals surface area contributed by atoms with Crippen LogP contribution in [-0.4, -0.2) is 36.6 Å². The molecule has 0 aliphatic rings. The third-order valence-electron chi connectivity index (χ3n) is 3.37. The lowest BCUT2D eigenvalue weighted by atomic mass is 10.2. The van der Waals surface area contributed by atoms with E-state index in [9.17, 15) is 14.4 Å². The van der Waals surface area contributed by atoms with Crippen molar-refractivity contribution in [3.05, 3.63) is 71.8 Å². The van der Waals surface area contributed by atoms with Gasteiger partial charge in [-0.3, -0.25) is 4.79 Å². The molecule has 1 atom stereocenters. The fourth-order valence-corrected chi connectivity index (χ4v) is 2.13. The Balaban J connectivity index is 2.04. The van der Waals surface area contributed by atoms with E-state index in [1.54, 1.807) is 74.5 Å². The number of carbonyl (C=O) groups is 3. The predicted molar refractivity (Wildman–Crippen MR) is 95.6 cm³/mol. The molecule has 1 unspecified atom stereocenters. The van der Waals surface area contributed by atoms with E-state index < -0.39 is 23.9 Å². The second-order valence-electron chi connectivity index (χ2n) is 5.84. The fourth-order valence-electron chi connectivity index (χ4n) is 2.13. The van der Waals surface area contributed by atoms with Gasteiger partial charge in [0.25, 0.3) is 5.91 Å². The van der Waals surface area contributed by atoms with Crippen molar-refractivity contribution in [3.8, 4) is 0 Å². The minimum absolute atomic E-state index is 0.322. The molecule has 0 aromatic heterocycles. The molecule has 26 heavy (non-hydrogen) atoms. The van der Waals surface area contributed by atoms with E-state index in [0.29, 0.717) is 11.1 Å². The molecule has 0 aliphatic heterocycles. The summed E-state index contributed by atoms with van der Waals surface area (Å²) in [5.41, 5.74) is 0.752. The maximum absolute atomic E-state index is 12.3. The summed E-state index contributed by atoms with van der Waals surface area (Å²) < 4.78 is 10.3. The highest BCUT2D eigenvalue weighted by molar-refractivity contribution is 5.97. The van der Waals surface area contributed by atoms with Crippen molar-refractivity contribution in [3.63, 3.8) is 0 Å². The number of carbonyl (C=O) groups excluding carboxylic acids is 3. The Bertz CT molecular complexity index is 743. The first kappa shape index (κ1) is 19.2. The fraction of sp³-hybridized carbons (Fsp3) is 0.250. The molecule has 136 valence electrons. The van der Waals surface area contributed by atoms with E-state index in [1.165, 1.54) is 0 Å². The number of esters is 2. The molecule has 0 saturated heterocycles. The van der Waals surface area contributed by atoms with Crippen LogP contribution in [0.15, 0.2) is 60.7 Å². The maximum atomic E-state index is 12.3. The molecule has 1 N–H and O–H groups in total. The van der Waals surface area contributed by atoms with Crippen LogP contribution in [0.25, 0.3) is 0 Å². The Morgan fingerprint density at radius 2 is 1.42 bits per heavy atom. The van der Waals surface area contributed by atoms with Gasteiger partial charge in [-0.2, -0.15) is 0 Å². The van der Waals surface area contributed by atoms with Gasteiger partial charge in [0.2, 0.25) is 0 Å². The van der Waals surface area contributed by atoms with Gasteiger partial charge >= 0.3 is 11.9 Å². The molecule has 0 radical (unpaired) electrons. The van der Waals surface area contributed by atoms with Gasteiger partial charge in [0.1, 0.15) is 6.61 Å². The first-order valence-corrected chi connectivity index (χ1v) is 8.26. The molecule has 2 aromatic rings. The summed E-state index contributed by atoms with van der Waals surface area (Å²) in [5.74, 6) is -1.70. The van der Waals surface area contributed by atoms with Gasteiger partial charge in [0.05, 0.1) is 11.7 Å². The number of benzene rings is 2. The maximum Gasteiger partial charge on any atom is 0.338 e. The standard InChI is InChI=1S/C20H21NO5/c1-14(2)26-20(24)17(21-18(22)15-9-5-3-6-10-15)13-25-19(23)16-11-7-4-8-12-16/h3-12,14,17H,13H2,1-2H3,(H,21,22). The van der Waals surface area contributed by atoms with Crippen LogP contribution in [0.1, 0.15) is 34.6 Å². The van der Waals surface area contributed by atoms with Crippen LogP contribution < -0.4 is 5.32 Å². The molecule has 6 heteroatoms. The predicted octanol–water partition coefficient (Wildman–Crippen LogP) is 2.59. The second-order valence-corrected chi connectivity index (χ2v) is 5.84. The van der Waals surface area contributed by atoms with Crippen molar-refractivity contribution >= 4 is 17.8 Å². The lowest BCUT2D eigenvalue weighted by Crippen LogP contribution is -2.46. The van der Waals surface area contributed by atoms with Crippen LogP contribution in [-0.2, 0) is 14.3 Å². The topological polar surface area (TPSA) is 81.7 Å². The molecule has 0 heterocycles. The van der Waals surface area contributed by atoms with Gasteiger partial charge < -0.3 is 14.8 Å². The molecule has 1 amide bonds. The SMILES string of the molecule is CC(C)OC(=O)C(COC(=O)c1ccccc1)NC(=O)c1ccccc1. The van der Waals surface area contributed by atoms with Crippen LogP contribution in [0.2, 0.25) is 0 Å². The summed E-state index contributed by atoms with van der Waals surface area (Å²) in [6.45, 7) is 3.08. The van der Waals surface area contributed by atoms with E-state index in [1.807, 2.05) is 0 Å². The Kier molecular flexibility index (Phi) is 6.91. The number of rotatable bonds is 7. The lowest BCUT2D eigenvalue weighted by Gasteiger charge is -2.19. The molecule has 0 fully saturated rings. The molecule has 0 saturated carbocycles. The lowest BCUT2D eigenvalue weighted by molar-refractivity contribution is -0.150. The van der Waals surface area contributed by atoms with Gasteiger partial charge in [-0.15, -0.1) is 0 Å². The molecular weight excluding hydrogens is 334 g/mol. The smallest absolute Gasteiger partial charge is 0.338 e. The number of ether oxygens (including phenoxy) is 2. The van der Waals surface area contributed by atoms with Gasteiger partial charge in [0, 0.05) is 5.56 Å². The molecule has 2 rings (SSSR count). The number of amides is 1. The third kappa shape index (κ3) is 5.73. The van der Waals surface area contributed by atoms with Crippen LogP contribution in [0.3, 0.4) is 0 Å². The Hall–Kier alpha value is -3.15. The van der Waals surface area contributed by atoms with Crippen molar-refractivity contribution in [1.29, 1.82) is 0 Å². The highest BCUT2D eigenvalue weighted by atomic mass is 16.6. The van der Waals surface area contributed by atoms with Gasteiger partial charge in [-0.05, 0) is 38.1 Å². The number of nitrogens with one attached hydrogen (secondary N) is 1. The van der Waals surface area contributed by atoms with Crippen LogP contribution in [0.4, 0.5) is 0 Å². The third-order valence-corrected chi connectivity index (χ3v) is 3.37. The summed E-state index contributed by atoms with van der Waals surface area (Å²) in [7, 11) is 0. The minimum Gasteiger partial charge on any atom is -0.461 e. The summed E-state index contributed by atoms with van der Waals surface area (Å²) in [5, 5.41) is 2.55. The van der Waals surface area contributed by atoms with E-state index in [4.69, 9.17) is 9.47 Å². The molecule has 0 aliphatic carbocycles. The normalized spacial score (nSPS) is 11.5. The molecule has 0 spiro atoms. The Morgan fingerprint density at radius 3 is 1.96 bits per heavy atom. The van der Waals surface area contributed by atoms with E-state index in [-0.39, 0.29) is 12.7 Å². The van der Waals surface area contributed by atoms with Gasteiger partial charge in [0.15, 0.2) is 6.04 Å². The van der Waals surface area contributed by atoms with Crippen molar-refractivity contribution in [2.24, 2.45) is 0 Å². The average molecular weight is 355 g/mol. The zero-order valence-electron chi connectivity index (χ0n) is 14.7. The number of hydrogen-bond donors (Lipinski definition) is 1. The first-order chi connectivity index (χ1) is 12.5. The highest BCUT2D eigenvalue weighted by Gasteiger charge is 2.25. The highest BCUT2D eigenvalue weighted by Crippen LogP contribution is 2.05. The molecule has 2 aromatic carbocycles. The summed E-state index contributed by atoms with van der Waals surface area (Å²) >= 11 is 0. The summed E-state index contributed by atoms with van der Waals surface area (Å²) in [6.07, 6.45) is -0.358. The molecule has 6 nitrogen and oxygen atoms in total. The van der Waals surface area contributed by atoms with Gasteiger partial charge in [-0.25, -0.2) is 9.59 Å². The molecule has 0 bridgehead atoms. The van der Waals surface area contributed by atoms with E-state index >= 15 is 0 Å². The average Bonchev–Trinajstić information content (AvgIpc) is 2.65. The second kappa shape index (κ2) is 9.36. The summed E-state index contributed by atoms with van der Waals surface area (Å²) in [6, 6.07) is 15.7. The van der Waals surface area contributed by atoms with Crippen LogP contribution in [0, 0.1) is 0 Å². The summed E-state index contributed by atoms with van der Waals surface area (Å²) in [4.78, 5) is 36.6. The van der Waals surface area contributed by atoms with E-state index in [0.717, 1.165) is 0 Å². The van der Waals surface area contributed by atoms with Crippen molar-refractivity contribution in [1.82, 2.24) is 5.32 Å². The first-order valence-electron chi connectivity index (χ1n) is 8.26. The zero-order chi connectivity index (χ0) is 18.9. The van der Waals surface area contributed by atoms with Crippen molar-refractivity contribution < 1.29 is 23.9 Å². The van der Waals surface area contributed by atoms with Gasteiger partial charge in [-0.1, -0.05) is 36.4 Å². The van der Waals surface area contributed by atoms with Crippen molar-refractivity contribution in [2.45, 2.75) is 26.0 Å². The number of hydrogen-bond acceptors (Lipinski definition) is 5. The zero-order valence-corrected chi connectivity index (χ0v) is 14.7. The minimum atomic E-state index is -1.10. The van der Waals surface area contributed by atoms with E-state index in [2.05, 4.69) is 5.32 Å². The Labute approximate surface area is 152 Å². The van der Waals surface area contributed by atoms with Crippen LogP contribution in [0.5, 0.6) is 0 Å². The quantitative estimate of drug-likeness (QED) is 0.772. The van der Waals surface area contributed by atoms with Crippen LogP contribution >= 0.6 is 0 Å². The molecular formula is C20H21NO5. The van der Waals surface area contributed by atoms with Crippen molar-refractivity contribution in [2.75, 3.05) is 6.61 Å².